The van der Waals surface area contributed by atoms with Gasteiger partial charge in [-0.3, -0.25) is 4.79 Å². The van der Waals surface area contributed by atoms with Crippen LogP contribution >= 0.6 is 11.8 Å². The van der Waals surface area contributed by atoms with Gasteiger partial charge in [0.1, 0.15) is 9.84 Å². The number of thioether (sulfide) groups is 1. The van der Waals surface area contributed by atoms with E-state index in [4.69, 9.17) is 5.73 Å². The Morgan fingerprint density at radius 1 is 1.35 bits per heavy atom. The number of amides is 1. The van der Waals surface area contributed by atoms with Gasteiger partial charge in [-0.25, -0.2) is 8.42 Å². The number of nitrogens with one attached hydrogen (secondary N) is 1. The van der Waals surface area contributed by atoms with Crippen LogP contribution in [0.15, 0.2) is 0 Å². The number of carbonyl (C=O) groups is 1. The molecule has 17 heavy (non-hydrogen) atoms. The maximum atomic E-state index is 11.1. The standard InChI is InChI=1S/C10H22N2O3S2/c1-8(2)12-9(10(11)13)4-5-16-6-7-17(3,14)15/h8-9,12H,4-7H2,1-3H3,(H2,11,13). The van der Waals surface area contributed by atoms with Crippen LogP contribution in [0.1, 0.15) is 20.3 Å². The average molecular weight is 282 g/mol. The van der Waals surface area contributed by atoms with Gasteiger partial charge in [0.05, 0.1) is 11.8 Å². The highest BCUT2D eigenvalue weighted by molar-refractivity contribution is 8.00. The lowest BCUT2D eigenvalue weighted by Gasteiger charge is -2.17. The zero-order valence-corrected chi connectivity index (χ0v) is 12.2. The molecule has 0 aliphatic heterocycles. The lowest BCUT2D eigenvalue weighted by Crippen LogP contribution is -2.44. The topological polar surface area (TPSA) is 89.3 Å². The van der Waals surface area contributed by atoms with Crippen LogP contribution in [0, 0.1) is 0 Å². The van der Waals surface area contributed by atoms with Crippen LogP contribution in [0.3, 0.4) is 0 Å². The third-order valence-corrected chi connectivity index (χ3v) is 4.25. The van der Waals surface area contributed by atoms with Crippen molar-refractivity contribution in [3.63, 3.8) is 0 Å². The van der Waals surface area contributed by atoms with Crippen molar-refractivity contribution in [3.05, 3.63) is 0 Å². The molecule has 0 aliphatic rings. The van der Waals surface area contributed by atoms with Crippen molar-refractivity contribution >= 4 is 27.5 Å². The fourth-order valence-corrected chi connectivity index (χ4v) is 3.51. The van der Waals surface area contributed by atoms with Gasteiger partial charge in [0.25, 0.3) is 0 Å². The van der Waals surface area contributed by atoms with Gasteiger partial charge < -0.3 is 11.1 Å². The molecule has 0 saturated heterocycles. The number of rotatable bonds is 9. The highest BCUT2D eigenvalue weighted by atomic mass is 32.2. The normalized spacial score (nSPS) is 13.9. The molecule has 0 aromatic rings. The van der Waals surface area contributed by atoms with Crippen molar-refractivity contribution in [1.82, 2.24) is 5.32 Å². The largest absolute Gasteiger partial charge is 0.368 e. The fraction of sp³-hybridized carbons (Fsp3) is 0.900. The first-order valence-corrected chi connectivity index (χ1v) is 8.74. The van der Waals surface area contributed by atoms with Crippen LogP contribution in [-0.4, -0.2) is 49.9 Å². The summed E-state index contributed by atoms with van der Waals surface area (Å²) in [7, 11) is -2.89. The summed E-state index contributed by atoms with van der Waals surface area (Å²) >= 11 is 1.53. The number of nitrogens with two attached hydrogens (primary N) is 1. The van der Waals surface area contributed by atoms with E-state index in [1.165, 1.54) is 18.0 Å². The molecular weight excluding hydrogens is 260 g/mol. The van der Waals surface area contributed by atoms with Crippen molar-refractivity contribution in [3.8, 4) is 0 Å². The summed E-state index contributed by atoms with van der Waals surface area (Å²) in [6.45, 7) is 3.90. The summed E-state index contributed by atoms with van der Waals surface area (Å²) in [6.07, 6.45) is 1.85. The first-order valence-electron chi connectivity index (χ1n) is 5.53. The maximum absolute atomic E-state index is 11.1. The first-order chi connectivity index (χ1) is 7.72. The minimum Gasteiger partial charge on any atom is -0.368 e. The molecule has 0 rings (SSSR count). The highest BCUT2D eigenvalue weighted by Crippen LogP contribution is 2.06. The van der Waals surface area contributed by atoms with Gasteiger partial charge in [0.2, 0.25) is 5.91 Å². The molecule has 1 unspecified atom stereocenters. The Kier molecular flexibility index (Phi) is 7.82. The van der Waals surface area contributed by atoms with Crippen LogP contribution in [0.2, 0.25) is 0 Å². The monoisotopic (exact) mass is 282 g/mol. The molecule has 0 heterocycles. The second kappa shape index (κ2) is 7.94. The molecule has 0 aliphatic carbocycles. The predicted molar refractivity (Wildman–Crippen MR) is 72.9 cm³/mol. The van der Waals surface area contributed by atoms with Crippen LogP contribution in [-0.2, 0) is 14.6 Å². The number of hydrogen-bond donors (Lipinski definition) is 2. The van der Waals surface area contributed by atoms with E-state index < -0.39 is 9.84 Å². The number of hydrogen-bond acceptors (Lipinski definition) is 5. The minimum atomic E-state index is -2.89. The maximum Gasteiger partial charge on any atom is 0.234 e. The van der Waals surface area contributed by atoms with Gasteiger partial charge in [-0.15, -0.1) is 0 Å². The molecule has 1 atom stereocenters. The van der Waals surface area contributed by atoms with E-state index in [-0.39, 0.29) is 23.7 Å². The number of sulfone groups is 1. The number of primary amides is 1. The first kappa shape index (κ1) is 16.7. The van der Waals surface area contributed by atoms with Gasteiger partial charge in [-0.1, -0.05) is 13.8 Å². The van der Waals surface area contributed by atoms with E-state index in [0.29, 0.717) is 12.2 Å². The van der Waals surface area contributed by atoms with Crippen molar-refractivity contribution in [2.45, 2.75) is 32.4 Å². The molecule has 0 aromatic heterocycles. The van der Waals surface area contributed by atoms with Crippen LogP contribution in [0.4, 0.5) is 0 Å². The molecule has 7 heteroatoms. The Bertz CT molecular complexity index is 328. The molecule has 0 bridgehead atoms. The molecule has 1 amide bonds. The molecule has 0 spiro atoms. The molecule has 0 aromatic carbocycles. The van der Waals surface area contributed by atoms with Gasteiger partial charge in [0.15, 0.2) is 0 Å². The lowest BCUT2D eigenvalue weighted by molar-refractivity contribution is -0.120. The lowest BCUT2D eigenvalue weighted by atomic mass is 10.2. The molecule has 5 nitrogen and oxygen atoms in total. The molecule has 102 valence electrons. The van der Waals surface area contributed by atoms with E-state index in [2.05, 4.69) is 5.32 Å². The summed E-state index contributed by atoms with van der Waals surface area (Å²) in [6, 6.07) is -0.130. The average Bonchev–Trinajstić information content (AvgIpc) is 2.12. The van der Waals surface area contributed by atoms with Crippen molar-refractivity contribution < 1.29 is 13.2 Å². The van der Waals surface area contributed by atoms with E-state index >= 15 is 0 Å². The SMILES string of the molecule is CC(C)NC(CCSCCS(C)(=O)=O)C(N)=O. The van der Waals surface area contributed by atoms with Gasteiger partial charge in [-0.05, 0) is 12.2 Å². The van der Waals surface area contributed by atoms with E-state index in [1.54, 1.807) is 0 Å². The summed E-state index contributed by atoms with van der Waals surface area (Å²) in [5.41, 5.74) is 5.26. The zero-order valence-electron chi connectivity index (χ0n) is 10.6. The van der Waals surface area contributed by atoms with E-state index in [9.17, 15) is 13.2 Å². The van der Waals surface area contributed by atoms with Gasteiger partial charge in [0, 0.05) is 18.1 Å². The summed E-state index contributed by atoms with van der Waals surface area (Å²) in [4.78, 5) is 11.1. The van der Waals surface area contributed by atoms with Gasteiger partial charge in [-0.2, -0.15) is 11.8 Å². The fourth-order valence-electron chi connectivity index (χ4n) is 1.22. The minimum absolute atomic E-state index is 0.177. The Morgan fingerprint density at radius 2 is 1.94 bits per heavy atom. The summed E-state index contributed by atoms with van der Waals surface area (Å²) in [5.74, 6) is 1.10. The number of carbonyl (C=O) groups excluding carboxylic acids is 1. The van der Waals surface area contributed by atoms with Crippen LogP contribution in [0.25, 0.3) is 0 Å². The Labute approximate surface area is 108 Å². The second-order valence-corrected chi connectivity index (χ2v) is 7.79. The molecule has 0 fully saturated rings. The van der Waals surface area contributed by atoms with Crippen LogP contribution in [0.5, 0.6) is 0 Å². The van der Waals surface area contributed by atoms with Gasteiger partial charge >= 0.3 is 0 Å². The van der Waals surface area contributed by atoms with E-state index in [0.717, 1.165) is 5.75 Å². The third-order valence-electron chi connectivity index (χ3n) is 2.03. The van der Waals surface area contributed by atoms with Crippen LogP contribution < -0.4 is 11.1 Å². The van der Waals surface area contributed by atoms with E-state index in [1.807, 2.05) is 13.8 Å². The Hall–Kier alpha value is -0.270. The smallest absolute Gasteiger partial charge is 0.234 e. The van der Waals surface area contributed by atoms with Crippen molar-refractivity contribution in [2.24, 2.45) is 5.73 Å². The molecule has 3 N–H and O–H groups in total. The summed E-state index contributed by atoms with van der Waals surface area (Å²) < 4.78 is 21.8. The second-order valence-electron chi connectivity index (χ2n) is 4.31. The van der Waals surface area contributed by atoms with Crippen molar-refractivity contribution in [1.29, 1.82) is 0 Å². The molecular formula is C10H22N2O3S2. The Balaban J connectivity index is 3.80. The third kappa shape index (κ3) is 10.6. The predicted octanol–water partition coefficient (Wildman–Crippen LogP) is 0.00620. The Morgan fingerprint density at radius 3 is 2.35 bits per heavy atom. The van der Waals surface area contributed by atoms with Crippen molar-refractivity contribution in [2.75, 3.05) is 23.5 Å². The quantitative estimate of drug-likeness (QED) is 0.581. The zero-order chi connectivity index (χ0) is 13.5. The summed E-state index contributed by atoms with van der Waals surface area (Å²) in [5, 5.41) is 3.08. The molecule has 0 radical (unpaired) electrons. The highest BCUT2D eigenvalue weighted by Gasteiger charge is 2.15. The molecule has 0 saturated carbocycles.